The number of carbonyl (C=O) groups excluding carboxylic acids is 1. The molecule has 0 spiro atoms. The monoisotopic (exact) mass is 292 g/mol. The summed E-state index contributed by atoms with van der Waals surface area (Å²) in [6, 6.07) is 0.239. The van der Waals surface area contributed by atoms with Gasteiger partial charge >= 0.3 is 0 Å². The molecule has 3 atom stereocenters. The van der Waals surface area contributed by atoms with E-state index in [9.17, 15) is 9.90 Å². The minimum Gasteiger partial charge on any atom is -0.393 e. The third-order valence-corrected chi connectivity index (χ3v) is 4.92. The van der Waals surface area contributed by atoms with Gasteiger partial charge in [-0.15, -0.1) is 5.10 Å². The van der Waals surface area contributed by atoms with Crippen molar-refractivity contribution in [3.05, 3.63) is 12.4 Å². The number of amides is 1. The van der Waals surface area contributed by atoms with Gasteiger partial charge in [-0.1, -0.05) is 18.1 Å². The lowest BCUT2D eigenvalue weighted by atomic mass is 9.80. The van der Waals surface area contributed by atoms with Gasteiger partial charge in [-0.25, -0.2) is 0 Å². The molecule has 1 N–H and O–H groups in total. The molecular weight excluding hydrogens is 268 g/mol. The summed E-state index contributed by atoms with van der Waals surface area (Å²) in [7, 11) is 0. The van der Waals surface area contributed by atoms with Crippen LogP contribution in [0.15, 0.2) is 12.4 Å². The predicted molar refractivity (Wildman–Crippen MR) is 77.3 cm³/mol. The van der Waals surface area contributed by atoms with E-state index in [2.05, 4.69) is 10.3 Å². The first-order chi connectivity index (χ1) is 10.3. The summed E-state index contributed by atoms with van der Waals surface area (Å²) in [5.74, 6) is 0.461. The zero-order valence-electron chi connectivity index (χ0n) is 12.4. The molecule has 21 heavy (non-hydrogen) atoms. The van der Waals surface area contributed by atoms with Crippen molar-refractivity contribution in [3.8, 4) is 0 Å². The highest BCUT2D eigenvalue weighted by Crippen LogP contribution is 2.34. The molecule has 1 amide bonds. The molecule has 1 aliphatic carbocycles. The molecule has 0 bridgehead atoms. The lowest BCUT2D eigenvalue weighted by Crippen LogP contribution is -2.45. The van der Waals surface area contributed by atoms with E-state index >= 15 is 0 Å². The van der Waals surface area contributed by atoms with Crippen LogP contribution in [0.3, 0.4) is 0 Å². The summed E-state index contributed by atoms with van der Waals surface area (Å²) in [6.07, 6.45) is 9.97. The Morgan fingerprint density at radius 2 is 2.10 bits per heavy atom. The number of carbonyl (C=O) groups is 1. The van der Waals surface area contributed by atoms with Crippen LogP contribution < -0.4 is 0 Å². The number of aromatic nitrogens is 3. The van der Waals surface area contributed by atoms with Crippen molar-refractivity contribution in [1.29, 1.82) is 0 Å². The van der Waals surface area contributed by atoms with E-state index in [1.807, 2.05) is 4.90 Å². The van der Waals surface area contributed by atoms with Gasteiger partial charge in [0, 0.05) is 31.1 Å². The van der Waals surface area contributed by atoms with Gasteiger partial charge in [0.05, 0.1) is 18.8 Å². The minimum atomic E-state index is -0.229. The Balaban J connectivity index is 1.59. The summed E-state index contributed by atoms with van der Waals surface area (Å²) < 4.78 is 1.69. The maximum Gasteiger partial charge on any atom is 0.224 e. The van der Waals surface area contributed by atoms with Crippen LogP contribution in [0.25, 0.3) is 0 Å². The fourth-order valence-corrected chi connectivity index (χ4v) is 3.84. The fourth-order valence-electron chi connectivity index (χ4n) is 3.84. The van der Waals surface area contributed by atoms with E-state index in [0.29, 0.717) is 13.0 Å². The molecule has 0 aromatic carbocycles. The van der Waals surface area contributed by atoms with Crippen LogP contribution >= 0.6 is 0 Å². The molecule has 116 valence electrons. The Morgan fingerprint density at radius 1 is 1.24 bits per heavy atom. The average molecular weight is 292 g/mol. The standard InChI is InChI=1S/C15H24N4O2/c20-14-6-2-1-4-12(14)13-5-3-9-19(13)15(21)7-10-18-11-8-16-17-18/h8,11-14,20H,1-7,9-10H2/t12-,13-,14-/m1/s1. The Kier molecular flexibility index (Phi) is 4.53. The van der Waals surface area contributed by atoms with E-state index in [0.717, 1.165) is 38.6 Å². The molecule has 2 fully saturated rings. The zero-order valence-corrected chi connectivity index (χ0v) is 12.4. The second kappa shape index (κ2) is 6.56. The molecule has 1 saturated heterocycles. The lowest BCUT2D eigenvalue weighted by molar-refractivity contribution is -0.134. The Bertz CT molecular complexity index is 462. The Morgan fingerprint density at radius 3 is 2.86 bits per heavy atom. The van der Waals surface area contributed by atoms with Gasteiger partial charge in [0.2, 0.25) is 5.91 Å². The highest BCUT2D eigenvalue weighted by Gasteiger charge is 2.38. The average Bonchev–Trinajstić information content (AvgIpc) is 3.16. The summed E-state index contributed by atoms with van der Waals surface area (Å²) in [5.41, 5.74) is 0. The van der Waals surface area contributed by atoms with Gasteiger partial charge in [-0.3, -0.25) is 9.48 Å². The highest BCUT2D eigenvalue weighted by atomic mass is 16.3. The van der Waals surface area contributed by atoms with Crippen molar-refractivity contribution in [2.45, 2.75) is 63.6 Å². The number of aryl methyl sites for hydroxylation is 1. The highest BCUT2D eigenvalue weighted by molar-refractivity contribution is 5.76. The normalized spacial score (nSPS) is 29.8. The number of rotatable bonds is 4. The summed E-state index contributed by atoms with van der Waals surface area (Å²) in [6.45, 7) is 1.42. The van der Waals surface area contributed by atoms with Crippen molar-refractivity contribution >= 4 is 5.91 Å². The van der Waals surface area contributed by atoms with Crippen molar-refractivity contribution in [2.75, 3.05) is 6.54 Å². The van der Waals surface area contributed by atoms with Gasteiger partial charge in [0.15, 0.2) is 0 Å². The van der Waals surface area contributed by atoms with Crippen molar-refractivity contribution in [1.82, 2.24) is 19.9 Å². The number of hydrogen-bond donors (Lipinski definition) is 1. The van der Waals surface area contributed by atoms with Gasteiger partial charge in [-0.2, -0.15) is 0 Å². The quantitative estimate of drug-likeness (QED) is 0.905. The lowest BCUT2D eigenvalue weighted by Gasteiger charge is -2.37. The van der Waals surface area contributed by atoms with Crippen LogP contribution in [0.1, 0.15) is 44.9 Å². The van der Waals surface area contributed by atoms with Crippen LogP contribution in [-0.4, -0.2) is 49.6 Å². The predicted octanol–water partition coefficient (Wildman–Crippen LogP) is 1.21. The van der Waals surface area contributed by atoms with Crippen LogP contribution in [0.4, 0.5) is 0 Å². The molecule has 3 rings (SSSR count). The molecule has 1 aromatic rings. The molecule has 6 heteroatoms. The summed E-state index contributed by atoms with van der Waals surface area (Å²) in [5, 5.41) is 17.9. The molecule has 2 aliphatic rings. The number of aliphatic hydroxyl groups excluding tert-OH is 1. The van der Waals surface area contributed by atoms with E-state index in [1.54, 1.807) is 17.1 Å². The molecule has 1 saturated carbocycles. The third kappa shape index (κ3) is 3.26. The molecule has 0 unspecified atom stereocenters. The topological polar surface area (TPSA) is 71.2 Å². The number of nitrogens with zero attached hydrogens (tertiary/aromatic N) is 4. The zero-order chi connectivity index (χ0) is 14.7. The second-order valence-corrected chi connectivity index (χ2v) is 6.23. The van der Waals surface area contributed by atoms with Gasteiger partial charge in [0.1, 0.15) is 0 Å². The van der Waals surface area contributed by atoms with Crippen molar-refractivity contribution in [2.24, 2.45) is 5.92 Å². The van der Waals surface area contributed by atoms with Crippen LogP contribution in [0, 0.1) is 5.92 Å². The van der Waals surface area contributed by atoms with Gasteiger partial charge in [-0.05, 0) is 25.7 Å². The minimum absolute atomic E-state index is 0.186. The first-order valence-corrected chi connectivity index (χ1v) is 8.07. The summed E-state index contributed by atoms with van der Waals surface area (Å²) >= 11 is 0. The Hall–Kier alpha value is -1.43. The van der Waals surface area contributed by atoms with Crippen LogP contribution in [-0.2, 0) is 11.3 Å². The maximum atomic E-state index is 12.5. The first-order valence-electron chi connectivity index (χ1n) is 8.07. The number of likely N-dealkylation sites (tertiary alicyclic amines) is 1. The van der Waals surface area contributed by atoms with Crippen LogP contribution in [0.2, 0.25) is 0 Å². The molecule has 1 aliphatic heterocycles. The van der Waals surface area contributed by atoms with E-state index < -0.39 is 0 Å². The van der Waals surface area contributed by atoms with Crippen LogP contribution in [0.5, 0.6) is 0 Å². The molecule has 2 heterocycles. The third-order valence-electron chi connectivity index (χ3n) is 4.92. The molecule has 0 radical (unpaired) electrons. The van der Waals surface area contributed by atoms with Crippen molar-refractivity contribution < 1.29 is 9.90 Å². The van der Waals surface area contributed by atoms with Crippen molar-refractivity contribution in [3.63, 3.8) is 0 Å². The van der Waals surface area contributed by atoms with E-state index in [1.165, 1.54) is 6.42 Å². The molecular formula is C15H24N4O2. The van der Waals surface area contributed by atoms with E-state index in [-0.39, 0.29) is 24.0 Å². The smallest absolute Gasteiger partial charge is 0.224 e. The summed E-state index contributed by atoms with van der Waals surface area (Å²) in [4.78, 5) is 14.5. The van der Waals surface area contributed by atoms with Gasteiger partial charge in [0.25, 0.3) is 0 Å². The maximum absolute atomic E-state index is 12.5. The number of aliphatic hydroxyl groups is 1. The van der Waals surface area contributed by atoms with E-state index in [4.69, 9.17) is 0 Å². The second-order valence-electron chi connectivity index (χ2n) is 6.23. The SMILES string of the molecule is O=C(CCn1ccnn1)N1CCC[C@@H]1[C@H]1CCCC[C@H]1O. The first kappa shape index (κ1) is 14.5. The van der Waals surface area contributed by atoms with Gasteiger partial charge < -0.3 is 10.0 Å². The largest absolute Gasteiger partial charge is 0.393 e. The number of hydrogen-bond acceptors (Lipinski definition) is 4. The molecule has 6 nitrogen and oxygen atoms in total. The molecule has 1 aromatic heterocycles. The Labute approximate surface area is 125 Å². The fraction of sp³-hybridized carbons (Fsp3) is 0.800.